The zero-order valence-electron chi connectivity index (χ0n) is 16.7. The molecule has 0 saturated carbocycles. The SMILES string of the molecule is CC1CCCCN1c1ccc(N2CCN(C(=O)Nc3ccc(F)cc3)CC2)nn1. The van der Waals surface area contributed by atoms with Crippen LogP contribution in [0.4, 0.5) is 26.5 Å². The van der Waals surface area contributed by atoms with Gasteiger partial charge in [0.2, 0.25) is 0 Å². The fraction of sp³-hybridized carbons (Fsp3) is 0.476. The van der Waals surface area contributed by atoms with E-state index in [1.807, 2.05) is 6.07 Å². The molecular formula is C21H27FN6O. The lowest BCUT2D eigenvalue weighted by atomic mass is 10.0. The first-order chi connectivity index (χ1) is 14.1. The molecule has 1 N–H and O–H groups in total. The minimum atomic E-state index is -0.321. The highest BCUT2D eigenvalue weighted by atomic mass is 19.1. The lowest BCUT2D eigenvalue weighted by Gasteiger charge is -2.36. The molecular weight excluding hydrogens is 371 g/mol. The van der Waals surface area contributed by atoms with Crippen LogP contribution >= 0.6 is 0 Å². The number of halogens is 1. The van der Waals surface area contributed by atoms with Gasteiger partial charge >= 0.3 is 6.03 Å². The number of piperazine rings is 1. The summed E-state index contributed by atoms with van der Waals surface area (Å²) in [5.41, 5.74) is 0.590. The van der Waals surface area contributed by atoms with E-state index in [1.165, 1.54) is 31.4 Å². The van der Waals surface area contributed by atoms with Crippen LogP contribution in [0.3, 0.4) is 0 Å². The van der Waals surface area contributed by atoms with Crippen molar-refractivity contribution in [1.29, 1.82) is 0 Å². The molecule has 2 aromatic rings. The van der Waals surface area contributed by atoms with Crippen LogP contribution in [-0.2, 0) is 0 Å². The normalized spacial score (nSPS) is 19.9. The fourth-order valence-corrected chi connectivity index (χ4v) is 3.95. The van der Waals surface area contributed by atoms with Gasteiger partial charge in [0.25, 0.3) is 0 Å². The van der Waals surface area contributed by atoms with Crippen LogP contribution in [0, 0.1) is 5.82 Å². The Kier molecular flexibility index (Phi) is 5.78. The van der Waals surface area contributed by atoms with Crippen molar-refractivity contribution in [3.8, 4) is 0 Å². The standard InChI is InChI=1S/C21H27FN6O/c1-16-4-2-3-11-28(16)20-10-9-19(24-25-20)26-12-14-27(15-13-26)21(29)23-18-7-5-17(22)6-8-18/h5-10,16H,2-4,11-15H2,1H3,(H,23,29). The van der Waals surface area contributed by atoms with Gasteiger partial charge in [-0.05, 0) is 62.6 Å². The Morgan fingerprint density at radius 2 is 1.66 bits per heavy atom. The molecule has 0 spiro atoms. The molecule has 2 amide bonds. The van der Waals surface area contributed by atoms with E-state index in [0.717, 1.165) is 18.2 Å². The van der Waals surface area contributed by atoms with E-state index in [1.54, 1.807) is 17.0 Å². The van der Waals surface area contributed by atoms with Gasteiger partial charge in [-0.25, -0.2) is 9.18 Å². The van der Waals surface area contributed by atoms with Crippen LogP contribution in [-0.4, -0.2) is 59.9 Å². The first kappa shape index (κ1) is 19.4. The molecule has 1 aromatic heterocycles. The molecule has 2 aliphatic heterocycles. The van der Waals surface area contributed by atoms with Crippen LogP contribution in [0.2, 0.25) is 0 Å². The number of nitrogens with zero attached hydrogens (tertiary/aromatic N) is 5. The second-order valence-electron chi connectivity index (χ2n) is 7.70. The molecule has 2 aliphatic rings. The van der Waals surface area contributed by atoms with Crippen molar-refractivity contribution in [3.05, 3.63) is 42.2 Å². The third kappa shape index (κ3) is 4.58. The Morgan fingerprint density at radius 1 is 0.966 bits per heavy atom. The Hall–Kier alpha value is -2.90. The van der Waals surface area contributed by atoms with Gasteiger partial charge in [0, 0.05) is 44.5 Å². The van der Waals surface area contributed by atoms with Gasteiger partial charge in [-0.1, -0.05) is 0 Å². The molecule has 8 heteroatoms. The Labute approximate surface area is 170 Å². The largest absolute Gasteiger partial charge is 0.352 e. The Balaban J connectivity index is 1.31. The number of nitrogens with one attached hydrogen (secondary N) is 1. The van der Waals surface area contributed by atoms with Gasteiger partial charge in [0.1, 0.15) is 5.82 Å². The summed E-state index contributed by atoms with van der Waals surface area (Å²) < 4.78 is 13.0. The zero-order valence-corrected chi connectivity index (χ0v) is 16.7. The summed E-state index contributed by atoms with van der Waals surface area (Å²) in [5.74, 6) is 1.47. The van der Waals surface area contributed by atoms with Crippen LogP contribution in [0.5, 0.6) is 0 Å². The van der Waals surface area contributed by atoms with Crippen LogP contribution in [0.1, 0.15) is 26.2 Å². The first-order valence-electron chi connectivity index (χ1n) is 10.3. The molecule has 0 bridgehead atoms. The number of aromatic nitrogens is 2. The summed E-state index contributed by atoms with van der Waals surface area (Å²) in [6.07, 6.45) is 3.68. The Morgan fingerprint density at radius 3 is 2.31 bits per heavy atom. The molecule has 7 nitrogen and oxygen atoms in total. The van der Waals surface area contributed by atoms with Crippen molar-refractivity contribution in [2.75, 3.05) is 47.8 Å². The summed E-state index contributed by atoms with van der Waals surface area (Å²) in [7, 11) is 0. The number of benzene rings is 1. The van der Waals surface area contributed by atoms with Gasteiger partial charge in [0.15, 0.2) is 11.6 Å². The molecule has 29 heavy (non-hydrogen) atoms. The average molecular weight is 398 g/mol. The molecule has 2 fully saturated rings. The van der Waals surface area contributed by atoms with Gasteiger partial charge < -0.3 is 20.0 Å². The fourth-order valence-electron chi connectivity index (χ4n) is 3.95. The van der Waals surface area contributed by atoms with E-state index in [4.69, 9.17) is 0 Å². The number of carbonyl (C=O) groups is 1. The number of amides is 2. The number of hydrogen-bond donors (Lipinski definition) is 1. The minimum Gasteiger partial charge on any atom is -0.352 e. The minimum absolute atomic E-state index is 0.170. The molecule has 1 aromatic carbocycles. The first-order valence-corrected chi connectivity index (χ1v) is 10.3. The molecule has 3 heterocycles. The lowest BCUT2D eigenvalue weighted by Crippen LogP contribution is -2.50. The van der Waals surface area contributed by atoms with Crippen LogP contribution in [0.25, 0.3) is 0 Å². The van der Waals surface area contributed by atoms with Crippen molar-refractivity contribution < 1.29 is 9.18 Å². The van der Waals surface area contributed by atoms with Crippen molar-refractivity contribution in [3.63, 3.8) is 0 Å². The quantitative estimate of drug-likeness (QED) is 0.859. The van der Waals surface area contributed by atoms with Gasteiger partial charge in [-0.2, -0.15) is 0 Å². The van der Waals surface area contributed by atoms with E-state index >= 15 is 0 Å². The van der Waals surface area contributed by atoms with E-state index in [0.29, 0.717) is 37.9 Å². The highest BCUT2D eigenvalue weighted by Crippen LogP contribution is 2.24. The summed E-state index contributed by atoms with van der Waals surface area (Å²) >= 11 is 0. The average Bonchev–Trinajstić information content (AvgIpc) is 2.76. The third-order valence-corrected chi connectivity index (χ3v) is 5.72. The summed E-state index contributed by atoms with van der Waals surface area (Å²) in [6.45, 7) is 5.87. The molecule has 154 valence electrons. The molecule has 4 rings (SSSR count). The second kappa shape index (κ2) is 8.63. The van der Waals surface area contributed by atoms with E-state index in [2.05, 4.69) is 38.3 Å². The number of hydrogen-bond acceptors (Lipinski definition) is 5. The second-order valence-corrected chi connectivity index (χ2v) is 7.70. The highest BCUT2D eigenvalue weighted by Gasteiger charge is 2.23. The maximum Gasteiger partial charge on any atom is 0.321 e. The number of urea groups is 1. The van der Waals surface area contributed by atoms with Gasteiger partial charge in [-0.3, -0.25) is 0 Å². The summed E-state index contributed by atoms with van der Waals surface area (Å²) in [4.78, 5) is 18.7. The lowest BCUT2D eigenvalue weighted by molar-refractivity contribution is 0.208. The van der Waals surface area contributed by atoms with E-state index < -0.39 is 0 Å². The third-order valence-electron chi connectivity index (χ3n) is 5.72. The van der Waals surface area contributed by atoms with Crippen LogP contribution in [0.15, 0.2) is 36.4 Å². The summed E-state index contributed by atoms with van der Waals surface area (Å²) in [6, 6.07) is 10.2. The van der Waals surface area contributed by atoms with Crippen molar-refractivity contribution in [2.24, 2.45) is 0 Å². The highest BCUT2D eigenvalue weighted by molar-refractivity contribution is 5.89. The molecule has 0 radical (unpaired) electrons. The Bertz CT molecular complexity index is 820. The van der Waals surface area contributed by atoms with Gasteiger partial charge in [0.05, 0.1) is 0 Å². The van der Waals surface area contributed by atoms with Crippen molar-refractivity contribution in [2.45, 2.75) is 32.2 Å². The van der Waals surface area contributed by atoms with Crippen LogP contribution < -0.4 is 15.1 Å². The monoisotopic (exact) mass is 398 g/mol. The maximum atomic E-state index is 13.0. The molecule has 1 atom stereocenters. The zero-order chi connectivity index (χ0) is 20.2. The maximum absolute atomic E-state index is 13.0. The van der Waals surface area contributed by atoms with E-state index in [-0.39, 0.29) is 11.8 Å². The molecule has 0 aliphatic carbocycles. The number of anilines is 3. The molecule has 1 unspecified atom stereocenters. The number of carbonyl (C=O) groups excluding carboxylic acids is 1. The number of rotatable bonds is 3. The summed E-state index contributed by atoms with van der Waals surface area (Å²) in [5, 5.41) is 11.7. The van der Waals surface area contributed by atoms with Gasteiger partial charge in [-0.15, -0.1) is 10.2 Å². The predicted molar refractivity (Wildman–Crippen MR) is 112 cm³/mol. The van der Waals surface area contributed by atoms with E-state index in [9.17, 15) is 9.18 Å². The topological polar surface area (TPSA) is 64.6 Å². The predicted octanol–water partition coefficient (Wildman–Crippen LogP) is 3.35. The van der Waals surface area contributed by atoms with Crippen molar-refractivity contribution in [1.82, 2.24) is 15.1 Å². The number of piperidine rings is 1. The smallest absolute Gasteiger partial charge is 0.321 e. The molecule has 2 saturated heterocycles. The van der Waals surface area contributed by atoms with Crippen molar-refractivity contribution >= 4 is 23.4 Å².